The number of nitrogens with zero attached hydrogens (tertiary/aromatic N) is 1. The molecule has 1 unspecified atom stereocenters. The van der Waals surface area contributed by atoms with Gasteiger partial charge in [-0.15, -0.1) is 11.3 Å². The second-order valence-corrected chi connectivity index (χ2v) is 10.6. The number of benzene rings is 1. The summed E-state index contributed by atoms with van der Waals surface area (Å²) in [6.45, 7) is 2.61. The minimum Gasteiger partial charge on any atom is -0.494 e. The summed E-state index contributed by atoms with van der Waals surface area (Å²) in [5, 5.41) is 3.62. The molecule has 158 valence electrons. The van der Waals surface area contributed by atoms with Gasteiger partial charge in [-0.1, -0.05) is 19.8 Å². The van der Waals surface area contributed by atoms with Crippen LogP contribution in [-0.4, -0.2) is 32.2 Å². The Hall–Kier alpha value is -1.93. The molecular weight excluding hydrogens is 408 g/mol. The largest absolute Gasteiger partial charge is 0.494 e. The van der Waals surface area contributed by atoms with Crippen molar-refractivity contribution >= 4 is 32.2 Å². The number of amides is 1. The van der Waals surface area contributed by atoms with Crippen LogP contribution in [0.5, 0.6) is 5.75 Å². The van der Waals surface area contributed by atoms with Gasteiger partial charge in [0.15, 0.2) is 15.0 Å². The number of fused-ring (bicyclic) bond motifs is 1. The molecule has 1 amide bonds. The van der Waals surface area contributed by atoms with Crippen LogP contribution in [0.15, 0.2) is 29.2 Å². The number of aromatic nitrogens is 1. The van der Waals surface area contributed by atoms with Crippen LogP contribution < -0.4 is 10.1 Å². The molecular formula is C21H28N2O4S2. The second-order valence-electron chi connectivity index (χ2n) is 7.53. The lowest BCUT2D eigenvalue weighted by Gasteiger charge is -2.19. The monoisotopic (exact) mass is 436 g/mol. The molecule has 0 aliphatic heterocycles. The summed E-state index contributed by atoms with van der Waals surface area (Å²) in [6, 6.07) is 6.30. The van der Waals surface area contributed by atoms with Gasteiger partial charge >= 0.3 is 0 Å². The molecule has 1 aliphatic rings. The van der Waals surface area contributed by atoms with Crippen molar-refractivity contribution < 1.29 is 17.9 Å². The second kappa shape index (κ2) is 9.71. The molecule has 1 aromatic heterocycles. The van der Waals surface area contributed by atoms with Gasteiger partial charge in [-0.3, -0.25) is 4.79 Å². The van der Waals surface area contributed by atoms with Gasteiger partial charge in [-0.25, -0.2) is 13.4 Å². The number of hydrogen-bond acceptors (Lipinski definition) is 6. The van der Waals surface area contributed by atoms with E-state index in [1.165, 1.54) is 42.5 Å². The first-order chi connectivity index (χ1) is 13.8. The number of aryl methyl sites for hydroxylation is 1. The first-order valence-corrected chi connectivity index (χ1v) is 12.8. The Balaban J connectivity index is 1.41. The highest BCUT2D eigenvalue weighted by Gasteiger charge is 2.22. The van der Waals surface area contributed by atoms with Crippen LogP contribution in [0.3, 0.4) is 0 Å². The number of ether oxygens (including phenoxy) is 1. The maximum atomic E-state index is 12.2. The summed E-state index contributed by atoms with van der Waals surface area (Å²) in [6.07, 6.45) is 7.86. The lowest BCUT2D eigenvalue weighted by molar-refractivity contribution is -0.116. The number of anilines is 1. The van der Waals surface area contributed by atoms with Crippen molar-refractivity contribution in [2.75, 3.05) is 18.2 Å². The van der Waals surface area contributed by atoms with E-state index in [4.69, 9.17) is 4.74 Å². The highest BCUT2D eigenvalue weighted by molar-refractivity contribution is 7.90. The summed E-state index contributed by atoms with van der Waals surface area (Å²) >= 11 is 1.61. The predicted molar refractivity (Wildman–Crippen MR) is 115 cm³/mol. The molecule has 29 heavy (non-hydrogen) atoms. The molecule has 2 aromatic rings. The molecule has 1 aliphatic carbocycles. The fourth-order valence-corrected chi connectivity index (χ4v) is 5.31. The topological polar surface area (TPSA) is 85.4 Å². The fourth-order valence-electron chi connectivity index (χ4n) is 3.54. The lowest BCUT2D eigenvalue weighted by atomic mass is 9.88. The molecule has 0 radical (unpaired) electrons. The first kappa shape index (κ1) is 21.8. The average Bonchev–Trinajstić information content (AvgIpc) is 3.06. The van der Waals surface area contributed by atoms with Crippen molar-refractivity contribution in [3.8, 4) is 5.75 Å². The number of carbonyl (C=O) groups excluding carboxylic acids is 1. The van der Waals surface area contributed by atoms with Crippen LogP contribution in [0, 0.1) is 5.92 Å². The summed E-state index contributed by atoms with van der Waals surface area (Å²) in [5.74, 6) is 1.28. The minimum absolute atomic E-state index is 0.0581. The number of hydrogen-bond donors (Lipinski definition) is 1. The smallest absolute Gasteiger partial charge is 0.226 e. The number of sulfone groups is 1. The fraction of sp³-hybridized carbons (Fsp3) is 0.524. The van der Waals surface area contributed by atoms with Crippen LogP contribution in [0.2, 0.25) is 0 Å². The first-order valence-electron chi connectivity index (χ1n) is 10.1. The van der Waals surface area contributed by atoms with Gasteiger partial charge < -0.3 is 10.1 Å². The molecule has 3 rings (SSSR count). The van der Waals surface area contributed by atoms with E-state index in [0.717, 1.165) is 24.5 Å². The summed E-state index contributed by atoms with van der Waals surface area (Å²) in [4.78, 5) is 18.4. The zero-order valence-electron chi connectivity index (χ0n) is 16.9. The molecule has 1 N–H and O–H groups in total. The van der Waals surface area contributed by atoms with Gasteiger partial charge in [-0.2, -0.15) is 0 Å². The molecule has 1 aromatic carbocycles. The highest BCUT2D eigenvalue weighted by atomic mass is 32.2. The number of carbonyl (C=O) groups is 1. The Morgan fingerprint density at radius 3 is 2.76 bits per heavy atom. The lowest BCUT2D eigenvalue weighted by Crippen LogP contribution is -2.13. The van der Waals surface area contributed by atoms with E-state index < -0.39 is 9.84 Å². The Kier molecular flexibility index (Phi) is 7.29. The molecule has 8 heteroatoms. The van der Waals surface area contributed by atoms with Crippen molar-refractivity contribution in [1.82, 2.24) is 4.98 Å². The van der Waals surface area contributed by atoms with Crippen LogP contribution in [-0.2, 0) is 27.5 Å². The zero-order valence-corrected chi connectivity index (χ0v) is 18.6. The maximum Gasteiger partial charge on any atom is 0.226 e. The van der Waals surface area contributed by atoms with E-state index in [-0.39, 0.29) is 10.8 Å². The Morgan fingerprint density at radius 2 is 2.07 bits per heavy atom. The van der Waals surface area contributed by atoms with E-state index in [9.17, 15) is 13.2 Å². The number of rotatable bonds is 9. The summed E-state index contributed by atoms with van der Waals surface area (Å²) < 4.78 is 28.5. The van der Waals surface area contributed by atoms with Gasteiger partial charge in [0.05, 0.1) is 17.2 Å². The third kappa shape index (κ3) is 6.27. The third-order valence-corrected chi connectivity index (χ3v) is 7.22. The van der Waals surface area contributed by atoms with Gasteiger partial charge in [0, 0.05) is 17.6 Å². The number of nitrogens with one attached hydrogen (secondary N) is 1. The summed E-state index contributed by atoms with van der Waals surface area (Å²) in [5.41, 5.74) is 1.15. The van der Waals surface area contributed by atoms with Crippen LogP contribution >= 0.6 is 11.3 Å². The zero-order chi connectivity index (χ0) is 20.9. The maximum absolute atomic E-state index is 12.2. The van der Waals surface area contributed by atoms with Crippen molar-refractivity contribution in [3.63, 3.8) is 0 Å². The highest BCUT2D eigenvalue weighted by Crippen LogP contribution is 2.34. The van der Waals surface area contributed by atoms with Crippen molar-refractivity contribution in [2.24, 2.45) is 5.92 Å². The van der Waals surface area contributed by atoms with Crippen LogP contribution in [0.25, 0.3) is 0 Å². The van der Waals surface area contributed by atoms with Gasteiger partial charge in [0.2, 0.25) is 5.91 Å². The Labute approximate surface area is 176 Å². The normalized spacial score (nSPS) is 16.3. The van der Waals surface area contributed by atoms with E-state index in [0.29, 0.717) is 30.3 Å². The molecule has 0 spiro atoms. The van der Waals surface area contributed by atoms with Gasteiger partial charge in [0.25, 0.3) is 0 Å². The van der Waals surface area contributed by atoms with Crippen molar-refractivity contribution in [1.29, 1.82) is 0 Å². The van der Waals surface area contributed by atoms with Crippen molar-refractivity contribution in [2.45, 2.75) is 56.8 Å². The number of thiazole rings is 1. The van der Waals surface area contributed by atoms with Gasteiger partial charge in [0.1, 0.15) is 5.75 Å². The van der Waals surface area contributed by atoms with Crippen LogP contribution in [0.1, 0.15) is 49.6 Å². The van der Waals surface area contributed by atoms with E-state index in [1.807, 2.05) is 0 Å². The third-order valence-electron chi connectivity index (χ3n) is 5.05. The van der Waals surface area contributed by atoms with Gasteiger partial charge in [-0.05, 0) is 55.9 Å². The SMILES string of the molecule is CCCC1CCc2nc(NC(=O)CCCOc3ccc(S(C)(=O)=O)cc3)sc2C1. The van der Waals surface area contributed by atoms with E-state index >= 15 is 0 Å². The molecule has 1 heterocycles. The predicted octanol–water partition coefficient (Wildman–Crippen LogP) is 4.25. The molecule has 6 nitrogen and oxygen atoms in total. The standard InChI is InChI=1S/C21H28N2O4S2/c1-3-5-15-7-12-18-19(14-15)28-21(22-18)23-20(24)6-4-13-27-16-8-10-17(11-9-16)29(2,25)26/h8-11,15H,3-7,12-14H2,1-2H3,(H,22,23,24). The minimum atomic E-state index is -3.21. The Morgan fingerprint density at radius 1 is 1.31 bits per heavy atom. The Bertz CT molecular complexity index is 936. The molecule has 0 saturated heterocycles. The molecule has 0 bridgehead atoms. The average molecular weight is 437 g/mol. The molecule has 0 fully saturated rings. The van der Waals surface area contributed by atoms with E-state index in [1.54, 1.807) is 23.5 Å². The van der Waals surface area contributed by atoms with Crippen LogP contribution in [0.4, 0.5) is 5.13 Å². The molecule has 0 saturated carbocycles. The molecule has 1 atom stereocenters. The quantitative estimate of drug-likeness (QED) is 0.594. The summed E-state index contributed by atoms with van der Waals surface area (Å²) in [7, 11) is -3.21. The van der Waals surface area contributed by atoms with Crippen molar-refractivity contribution in [3.05, 3.63) is 34.8 Å². The van der Waals surface area contributed by atoms with E-state index in [2.05, 4.69) is 17.2 Å².